The topological polar surface area (TPSA) is 143 Å². The van der Waals surface area contributed by atoms with Crippen molar-refractivity contribution in [2.24, 2.45) is 5.73 Å². The normalized spacial score (nSPS) is 13.5. The summed E-state index contributed by atoms with van der Waals surface area (Å²) in [7, 11) is 0. The zero-order valence-electron chi connectivity index (χ0n) is 17.8. The molecule has 0 saturated heterocycles. The molecule has 1 aliphatic rings. The first-order valence-electron chi connectivity index (χ1n) is 9.61. The molecule has 1 amide bonds. The van der Waals surface area contributed by atoms with Gasteiger partial charge in [0, 0.05) is 22.2 Å². The van der Waals surface area contributed by atoms with Crippen LogP contribution in [0.3, 0.4) is 0 Å². The van der Waals surface area contributed by atoms with Crippen molar-refractivity contribution in [2.45, 2.75) is 32.6 Å². The molecule has 0 radical (unpaired) electrons. The molecule has 0 spiro atoms. The predicted octanol–water partition coefficient (Wildman–Crippen LogP) is -0.387. The standard InChI is InChI=1S/C23H20N4O3S.Na/c1-13-6-8-14(9-7-13)19(28)10-18(21(29)17(12-25)22(26)30)27-23-16(11-24)15-4-2-3-5-20(15)31-23;/h6-10,27,29H,2-5H2,1H3,(H2,26,30);/q;+1/p-1. The Labute approximate surface area is 212 Å². The summed E-state index contributed by atoms with van der Waals surface area (Å²) in [5.74, 6) is -2.67. The average molecular weight is 454 g/mol. The van der Waals surface area contributed by atoms with E-state index in [0.717, 1.165) is 47.8 Å². The van der Waals surface area contributed by atoms with Gasteiger partial charge in [-0.15, -0.1) is 11.3 Å². The first kappa shape index (κ1) is 25.4. The van der Waals surface area contributed by atoms with Crippen LogP contribution in [0, 0.1) is 29.6 Å². The molecule has 0 bridgehead atoms. The van der Waals surface area contributed by atoms with Crippen LogP contribution in [0.4, 0.5) is 5.00 Å². The molecule has 7 nitrogen and oxygen atoms in total. The van der Waals surface area contributed by atoms with Gasteiger partial charge in [0.05, 0.1) is 5.56 Å². The molecule has 0 unspecified atom stereocenters. The number of thiophene rings is 1. The second-order valence-electron chi connectivity index (χ2n) is 7.12. The number of anilines is 1. The number of aryl methyl sites for hydroxylation is 2. The van der Waals surface area contributed by atoms with Crippen LogP contribution in [0.2, 0.25) is 0 Å². The Morgan fingerprint density at radius 2 is 1.84 bits per heavy atom. The van der Waals surface area contributed by atoms with Crippen LogP contribution in [0.15, 0.2) is 47.4 Å². The van der Waals surface area contributed by atoms with Crippen LogP contribution in [0.1, 0.15) is 44.8 Å². The third kappa shape index (κ3) is 5.48. The fraction of sp³-hybridized carbons (Fsp3) is 0.217. The number of nitrogens with two attached hydrogens (primary N) is 1. The molecule has 1 heterocycles. The predicted molar refractivity (Wildman–Crippen MR) is 115 cm³/mol. The molecule has 0 fully saturated rings. The first-order chi connectivity index (χ1) is 14.8. The van der Waals surface area contributed by atoms with E-state index in [-0.39, 0.29) is 35.3 Å². The summed E-state index contributed by atoms with van der Waals surface area (Å²) in [5.41, 5.74) is 6.74. The molecule has 9 heteroatoms. The van der Waals surface area contributed by atoms with Gasteiger partial charge in [0.25, 0.3) is 5.91 Å². The minimum Gasteiger partial charge on any atom is -0.870 e. The van der Waals surface area contributed by atoms with E-state index in [4.69, 9.17) is 5.73 Å². The van der Waals surface area contributed by atoms with Gasteiger partial charge < -0.3 is 16.2 Å². The average Bonchev–Trinajstić information content (AvgIpc) is 3.10. The second kappa shape index (κ2) is 11.1. The smallest absolute Gasteiger partial charge is 0.870 e. The van der Waals surface area contributed by atoms with E-state index in [1.54, 1.807) is 24.3 Å². The molecule has 2 aromatic rings. The minimum absolute atomic E-state index is 0. The number of carbonyl (C=O) groups excluding carboxylic acids is 2. The molecule has 32 heavy (non-hydrogen) atoms. The fourth-order valence-electron chi connectivity index (χ4n) is 3.34. The van der Waals surface area contributed by atoms with Crippen molar-refractivity contribution in [3.05, 3.63) is 74.5 Å². The van der Waals surface area contributed by atoms with Gasteiger partial charge in [-0.05, 0) is 38.2 Å². The van der Waals surface area contributed by atoms with Gasteiger partial charge in [0.15, 0.2) is 5.78 Å². The summed E-state index contributed by atoms with van der Waals surface area (Å²) in [5, 5.41) is 35.0. The van der Waals surface area contributed by atoms with Crippen LogP contribution in [-0.4, -0.2) is 11.7 Å². The third-order valence-corrected chi connectivity index (χ3v) is 6.18. The Morgan fingerprint density at radius 1 is 1.19 bits per heavy atom. The number of nitrogens with zero attached hydrogens (tertiary/aromatic N) is 2. The summed E-state index contributed by atoms with van der Waals surface area (Å²) in [6, 6.07) is 10.4. The van der Waals surface area contributed by atoms with Crippen molar-refractivity contribution < 1.29 is 44.3 Å². The summed E-state index contributed by atoms with van der Waals surface area (Å²) in [4.78, 5) is 25.4. The summed E-state index contributed by atoms with van der Waals surface area (Å²) >= 11 is 1.34. The maximum Gasteiger partial charge on any atom is 1.00 e. The number of nitriles is 2. The Hall–Kier alpha value is -2.88. The molecule has 3 rings (SSSR count). The Morgan fingerprint density at radius 3 is 2.44 bits per heavy atom. The number of benzene rings is 1. The molecule has 1 aromatic heterocycles. The van der Waals surface area contributed by atoms with E-state index in [9.17, 15) is 25.2 Å². The van der Waals surface area contributed by atoms with Gasteiger partial charge in [0.2, 0.25) is 0 Å². The number of amides is 1. The molecular weight excluding hydrogens is 435 g/mol. The SMILES string of the molecule is Cc1ccc(C(=O)C=C(Nc2sc3c(c2C#N)CCCC3)C([O-])=C(C#N)C(N)=O)cc1.[Na+]. The van der Waals surface area contributed by atoms with Gasteiger partial charge >= 0.3 is 29.6 Å². The Kier molecular flexibility index (Phi) is 8.82. The zero-order valence-corrected chi connectivity index (χ0v) is 20.6. The second-order valence-corrected chi connectivity index (χ2v) is 8.23. The maximum absolute atomic E-state index is 12.9. The Bertz CT molecular complexity index is 1200. The number of fused-ring (bicyclic) bond motifs is 1. The molecule has 1 aliphatic carbocycles. The number of hydrogen-bond acceptors (Lipinski definition) is 7. The summed E-state index contributed by atoms with van der Waals surface area (Å²) in [6.07, 6.45) is 4.62. The van der Waals surface area contributed by atoms with Crippen molar-refractivity contribution in [2.75, 3.05) is 5.32 Å². The van der Waals surface area contributed by atoms with Crippen molar-refractivity contribution in [3.63, 3.8) is 0 Å². The number of ketones is 1. The molecule has 156 valence electrons. The van der Waals surface area contributed by atoms with Gasteiger partial charge in [-0.1, -0.05) is 35.6 Å². The van der Waals surface area contributed by atoms with E-state index in [2.05, 4.69) is 11.4 Å². The van der Waals surface area contributed by atoms with Crippen LogP contribution in [0.25, 0.3) is 0 Å². The molecule has 0 aliphatic heterocycles. The number of primary amides is 1. The van der Waals surface area contributed by atoms with E-state index >= 15 is 0 Å². The van der Waals surface area contributed by atoms with E-state index in [1.165, 1.54) is 17.4 Å². The number of nitrogens with one attached hydrogen (secondary N) is 1. The van der Waals surface area contributed by atoms with Crippen molar-refractivity contribution >= 4 is 28.0 Å². The van der Waals surface area contributed by atoms with Gasteiger partial charge in [0.1, 0.15) is 22.7 Å². The third-order valence-electron chi connectivity index (χ3n) is 4.97. The van der Waals surface area contributed by atoms with Crippen LogP contribution in [0.5, 0.6) is 0 Å². The minimum atomic E-state index is -1.19. The van der Waals surface area contributed by atoms with Gasteiger partial charge in [-0.2, -0.15) is 10.5 Å². The summed E-state index contributed by atoms with van der Waals surface area (Å²) < 4.78 is 0. The van der Waals surface area contributed by atoms with Crippen LogP contribution in [-0.2, 0) is 17.6 Å². The van der Waals surface area contributed by atoms with Crippen LogP contribution >= 0.6 is 11.3 Å². The molecule has 0 saturated carbocycles. The van der Waals surface area contributed by atoms with Crippen molar-refractivity contribution in [1.82, 2.24) is 0 Å². The monoisotopic (exact) mass is 454 g/mol. The molecule has 3 N–H and O–H groups in total. The number of allylic oxidation sites excluding steroid dienone is 1. The quantitative estimate of drug-likeness (QED) is 0.152. The molecular formula is C23H19N4NaO3S. The largest absolute Gasteiger partial charge is 1.00 e. The zero-order chi connectivity index (χ0) is 22.5. The molecule has 0 atom stereocenters. The summed E-state index contributed by atoms with van der Waals surface area (Å²) in [6.45, 7) is 1.88. The van der Waals surface area contributed by atoms with Crippen molar-refractivity contribution in [3.8, 4) is 12.1 Å². The fourth-order valence-corrected chi connectivity index (χ4v) is 4.59. The number of carbonyl (C=O) groups is 2. The first-order valence-corrected chi connectivity index (χ1v) is 10.4. The number of hydrogen-bond donors (Lipinski definition) is 2. The van der Waals surface area contributed by atoms with Crippen LogP contribution < -0.4 is 45.7 Å². The van der Waals surface area contributed by atoms with Gasteiger partial charge in [-0.25, -0.2) is 0 Å². The van der Waals surface area contributed by atoms with E-state index < -0.39 is 23.0 Å². The molecule has 1 aromatic carbocycles. The Balaban J connectivity index is 0.00000363. The van der Waals surface area contributed by atoms with E-state index in [1.807, 2.05) is 6.92 Å². The number of rotatable bonds is 6. The maximum atomic E-state index is 12.9. The van der Waals surface area contributed by atoms with E-state index in [0.29, 0.717) is 16.1 Å². The van der Waals surface area contributed by atoms with Gasteiger partial charge in [-0.3, -0.25) is 9.59 Å². The van der Waals surface area contributed by atoms with Crippen molar-refractivity contribution in [1.29, 1.82) is 10.5 Å².